The zero-order valence-electron chi connectivity index (χ0n) is 11.9. The molecular formula is C15H19N3O2S. The number of amides is 1. The molecule has 21 heavy (non-hydrogen) atoms. The van der Waals surface area contributed by atoms with E-state index >= 15 is 0 Å². The maximum atomic E-state index is 11.7. The van der Waals surface area contributed by atoms with Gasteiger partial charge in [0.15, 0.2) is 0 Å². The van der Waals surface area contributed by atoms with Crippen molar-refractivity contribution in [2.75, 3.05) is 18.6 Å². The summed E-state index contributed by atoms with van der Waals surface area (Å²) < 4.78 is 5.59. The lowest BCUT2D eigenvalue weighted by Gasteiger charge is -2.15. The van der Waals surface area contributed by atoms with Crippen LogP contribution in [0.2, 0.25) is 0 Å². The maximum Gasteiger partial charge on any atom is 0.256 e. The van der Waals surface area contributed by atoms with E-state index in [9.17, 15) is 4.79 Å². The van der Waals surface area contributed by atoms with Crippen LogP contribution in [0.15, 0.2) is 34.9 Å². The molecule has 1 amide bonds. The summed E-state index contributed by atoms with van der Waals surface area (Å²) >= 11 is 1.66. The largest absolute Gasteiger partial charge is 0.488 e. The van der Waals surface area contributed by atoms with Crippen LogP contribution in [-0.2, 0) is 4.79 Å². The number of benzene rings is 1. The zero-order chi connectivity index (χ0) is 15.1. The number of fused-ring (bicyclic) bond motifs is 1. The number of hydrazone groups is 1. The number of carbonyl (C=O) groups excluding carboxylic acids is 1. The third kappa shape index (κ3) is 4.61. The van der Waals surface area contributed by atoms with E-state index in [-0.39, 0.29) is 5.91 Å². The molecule has 0 saturated carbocycles. The molecule has 0 fully saturated rings. The van der Waals surface area contributed by atoms with Gasteiger partial charge in [0.2, 0.25) is 0 Å². The molecule has 1 heterocycles. The van der Waals surface area contributed by atoms with Crippen LogP contribution in [-0.4, -0.2) is 36.8 Å². The molecule has 0 bridgehead atoms. The summed E-state index contributed by atoms with van der Waals surface area (Å²) in [5.74, 6) is 1.45. The van der Waals surface area contributed by atoms with Gasteiger partial charge in [0.05, 0.1) is 12.3 Å². The standard InChI is InChI=1S/C15H19N3O2S/c1-21-7-6-13(16)15(19)18-17-9-11-8-12-4-2-3-5-14(12)20-10-11/h2-5,8-9,13H,6-7,10,16H2,1H3,(H,18,19)/b17-9-/t13-/m1/s1. The second-order valence-corrected chi connectivity index (χ2v) is 5.65. The fourth-order valence-corrected chi connectivity index (χ4v) is 2.34. The number of nitrogens with one attached hydrogen (secondary N) is 1. The molecule has 112 valence electrons. The van der Waals surface area contributed by atoms with Gasteiger partial charge in [-0.05, 0) is 30.6 Å². The minimum absolute atomic E-state index is 0.266. The summed E-state index contributed by atoms with van der Waals surface area (Å²) in [6.07, 6.45) is 6.20. The summed E-state index contributed by atoms with van der Waals surface area (Å²) in [7, 11) is 0. The Morgan fingerprint density at radius 2 is 2.38 bits per heavy atom. The molecule has 5 nitrogen and oxygen atoms in total. The number of nitrogens with two attached hydrogens (primary N) is 1. The molecule has 2 rings (SSSR count). The van der Waals surface area contributed by atoms with Crippen LogP contribution in [0.25, 0.3) is 6.08 Å². The predicted molar refractivity (Wildman–Crippen MR) is 87.5 cm³/mol. The molecule has 0 spiro atoms. The summed E-state index contributed by atoms with van der Waals surface area (Å²) in [4.78, 5) is 11.7. The second-order valence-electron chi connectivity index (χ2n) is 4.67. The van der Waals surface area contributed by atoms with Gasteiger partial charge in [0, 0.05) is 11.1 Å². The maximum absolute atomic E-state index is 11.7. The Labute approximate surface area is 128 Å². The van der Waals surface area contributed by atoms with Crippen LogP contribution in [0, 0.1) is 0 Å². The molecule has 1 aromatic carbocycles. The average Bonchev–Trinajstić information content (AvgIpc) is 2.52. The number of hydrogen-bond donors (Lipinski definition) is 2. The van der Waals surface area contributed by atoms with Crippen molar-refractivity contribution >= 4 is 30.0 Å². The SMILES string of the molecule is CSCC[C@@H](N)C(=O)N/N=C\C1=Cc2ccccc2OC1. The molecule has 0 aliphatic carbocycles. The number of ether oxygens (including phenoxy) is 1. The lowest BCUT2D eigenvalue weighted by molar-refractivity contribution is -0.122. The highest BCUT2D eigenvalue weighted by atomic mass is 32.2. The van der Waals surface area contributed by atoms with Crippen molar-refractivity contribution in [3.05, 3.63) is 35.4 Å². The highest BCUT2D eigenvalue weighted by molar-refractivity contribution is 7.98. The van der Waals surface area contributed by atoms with E-state index < -0.39 is 6.04 Å². The van der Waals surface area contributed by atoms with Gasteiger partial charge in [-0.2, -0.15) is 16.9 Å². The Kier molecular flexibility index (Phi) is 5.83. The van der Waals surface area contributed by atoms with Crippen molar-refractivity contribution in [3.63, 3.8) is 0 Å². The van der Waals surface area contributed by atoms with Crippen LogP contribution < -0.4 is 15.9 Å². The van der Waals surface area contributed by atoms with E-state index in [0.29, 0.717) is 13.0 Å². The van der Waals surface area contributed by atoms with Gasteiger partial charge in [-0.3, -0.25) is 4.79 Å². The first kappa shape index (κ1) is 15.6. The molecule has 3 N–H and O–H groups in total. The van der Waals surface area contributed by atoms with Gasteiger partial charge in [-0.1, -0.05) is 18.2 Å². The molecule has 0 aromatic heterocycles. The molecule has 1 atom stereocenters. The van der Waals surface area contributed by atoms with Crippen LogP contribution in [0.1, 0.15) is 12.0 Å². The normalized spacial score (nSPS) is 15.0. The number of nitrogens with zero attached hydrogens (tertiary/aromatic N) is 1. The fraction of sp³-hybridized carbons (Fsp3) is 0.333. The molecule has 1 aromatic rings. The minimum atomic E-state index is -0.521. The highest BCUT2D eigenvalue weighted by Crippen LogP contribution is 2.24. The van der Waals surface area contributed by atoms with E-state index in [1.165, 1.54) is 0 Å². The van der Waals surface area contributed by atoms with Crippen molar-refractivity contribution < 1.29 is 9.53 Å². The number of carbonyl (C=O) groups is 1. The molecule has 0 unspecified atom stereocenters. The van der Waals surface area contributed by atoms with E-state index in [0.717, 1.165) is 22.6 Å². The molecule has 0 radical (unpaired) electrons. The third-order valence-corrected chi connectivity index (χ3v) is 3.67. The van der Waals surface area contributed by atoms with Gasteiger partial charge >= 0.3 is 0 Å². The molecular weight excluding hydrogens is 286 g/mol. The van der Waals surface area contributed by atoms with Crippen molar-refractivity contribution in [2.24, 2.45) is 10.8 Å². The molecule has 6 heteroatoms. The number of para-hydroxylation sites is 1. The van der Waals surface area contributed by atoms with Gasteiger partial charge < -0.3 is 10.5 Å². The molecule has 1 aliphatic rings. The van der Waals surface area contributed by atoms with Crippen LogP contribution in [0.3, 0.4) is 0 Å². The second kappa shape index (κ2) is 7.85. The monoisotopic (exact) mass is 305 g/mol. The van der Waals surface area contributed by atoms with Crippen LogP contribution in [0.5, 0.6) is 5.75 Å². The first-order valence-corrected chi connectivity index (χ1v) is 8.10. The molecule has 1 aliphatic heterocycles. The first-order valence-electron chi connectivity index (χ1n) is 6.70. The van der Waals surface area contributed by atoms with Crippen LogP contribution >= 0.6 is 11.8 Å². The van der Waals surface area contributed by atoms with E-state index in [1.54, 1.807) is 18.0 Å². The van der Waals surface area contributed by atoms with Crippen LogP contribution in [0.4, 0.5) is 0 Å². The fourth-order valence-electron chi connectivity index (χ4n) is 1.85. The molecule has 0 saturated heterocycles. The Balaban J connectivity index is 1.88. The third-order valence-electron chi connectivity index (χ3n) is 3.03. The quantitative estimate of drug-likeness (QED) is 0.619. The van der Waals surface area contributed by atoms with E-state index in [1.807, 2.05) is 36.6 Å². The number of hydrogen-bond acceptors (Lipinski definition) is 5. The van der Waals surface area contributed by atoms with E-state index in [4.69, 9.17) is 10.5 Å². The van der Waals surface area contributed by atoms with Crippen molar-refractivity contribution in [2.45, 2.75) is 12.5 Å². The number of rotatable bonds is 6. The summed E-state index contributed by atoms with van der Waals surface area (Å²) in [6.45, 7) is 0.439. The smallest absolute Gasteiger partial charge is 0.256 e. The number of thioether (sulfide) groups is 1. The van der Waals surface area contributed by atoms with Gasteiger partial charge in [-0.15, -0.1) is 0 Å². The average molecular weight is 305 g/mol. The Morgan fingerprint density at radius 3 is 3.19 bits per heavy atom. The van der Waals surface area contributed by atoms with Crippen molar-refractivity contribution in [1.82, 2.24) is 5.43 Å². The van der Waals surface area contributed by atoms with E-state index in [2.05, 4.69) is 10.5 Å². The Bertz CT molecular complexity index is 558. The Morgan fingerprint density at radius 1 is 1.57 bits per heavy atom. The summed E-state index contributed by atoms with van der Waals surface area (Å²) in [5.41, 5.74) is 10.1. The lowest BCUT2D eigenvalue weighted by Crippen LogP contribution is -2.38. The zero-order valence-corrected chi connectivity index (χ0v) is 12.7. The van der Waals surface area contributed by atoms with Gasteiger partial charge in [0.25, 0.3) is 5.91 Å². The topological polar surface area (TPSA) is 76.7 Å². The minimum Gasteiger partial charge on any atom is -0.488 e. The summed E-state index contributed by atoms with van der Waals surface area (Å²) in [5, 5.41) is 3.94. The lowest BCUT2D eigenvalue weighted by atomic mass is 10.1. The summed E-state index contributed by atoms with van der Waals surface area (Å²) in [6, 6.07) is 7.26. The van der Waals surface area contributed by atoms with Gasteiger partial charge in [0.1, 0.15) is 12.4 Å². The Hall–Kier alpha value is -1.79. The first-order chi connectivity index (χ1) is 10.2. The predicted octanol–water partition coefficient (Wildman–Crippen LogP) is 1.64. The highest BCUT2D eigenvalue weighted by Gasteiger charge is 2.12. The van der Waals surface area contributed by atoms with Crippen molar-refractivity contribution in [3.8, 4) is 5.75 Å². The van der Waals surface area contributed by atoms with Crippen molar-refractivity contribution in [1.29, 1.82) is 0 Å². The van der Waals surface area contributed by atoms with Gasteiger partial charge in [-0.25, -0.2) is 5.43 Å².